The maximum Gasteiger partial charge on any atom is 0.335 e. The molecule has 1 unspecified atom stereocenters. The molecule has 5 rings (SSSR count). The molecule has 0 bridgehead atoms. The number of fused-ring (bicyclic) bond motifs is 2. The number of carbonyl (C=O) groups excluding carboxylic acids is 3. The smallest absolute Gasteiger partial charge is 0.335 e. The summed E-state index contributed by atoms with van der Waals surface area (Å²) in [6.45, 7) is 9.86. The molecule has 0 N–H and O–H groups in total. The number of hydrogen-bond donors (Lipinski definition) is 0. The first kappa shape index (κ1) is 57.0. The van der Waals surface area contributed by atoms with Gasteiger partial charge >= 0.3 is 5.97 Å². The van der Waals surface area contributed by atoms with Crippen LogP contribution in [-0.2, 0) is 79.4 Å². The molecule has 1 fully saturated rings. The highest BCUT2D eigenvalue weighted by Gasteiger charge is 2.43. The molecule has 0 spiro atoms. The van der Waals surface area contributed by atoms with Gasteiger partial charge in [0.1, 0.15) is 34.8 Å². The van der Waals surface area contributed by atoms with Gasteiger partial charge in [-0.1, -0.05) is 26.8 Å². The molecule has 0 aromatic heterocycles. The molecule has 24 heteroatoms. The Kier molecular flexibility index (Phi) is 19.8. The molecule has 1 aromatic carbocycles. The Morgan fingerprint density at radius 2 is 1.46 bits per heavy atom. The van der Waals surface area contributed by atoms with Crippen LogP contribution < -0.4 is 14.8 Å². The minimum atomic E-state index is -4.93. The van der Waals surface area contributed by atoms with Crippen LogP contribution in [0.1, 0.15) is 83.1 Å². The van der Waals surface area contributed by atoms with E-state index in [1.807, 2.05) is 54.5 Å². The zero-order valence-electron chi connectivity index (χ0n) is 40.4. The topological polar surface area (TPSA) is 292 Å². The number of benzene rings is 2. The van der Waals surface area contributed by atoms with Gasteiger partial charge in [-0.3, -0.25) is 9.59 Å². The Labute approximate surface area is 414 Å². The summed E-state index contributed by atoms with van der Waals surface area (Å²) in [5.41, 5.74) is 1.71. The van der Waals surface area contributed by atoms with E-state index in [0.717, 1.165) is 11.1 Å². The predicted octanol–water partition coefficient (Wildman–Crippen LogP) is 2.99. The summed E-state index contributed by atoms with van der Waals surface area (Å²) >= 11 is 0. The highest BCUT2D eigenvalue weighted by Crippen LogP contribution is 2.51. The van der Waals surface area contributed by atoms with Crippen molar-refractivity contribution in [1.82, 2.24) is 9.64 Å². The first-order chi connectivity index (χ1) is 33.3. The summed E-state index contributed by atoms with van der Waals surface area (Å²) in [5, 5.41) is 1.15. The molecule has 2 amide bonds. The minimum Gasteiger partial charge on any atom is -0.748 e. The fourth-order valence-electron chi connectivity index (χ4n) is 8.28. The fraction of sp³-hybridized carbons (Fsp3) is 0.532. The van der Waals surface area contributed by atoms with E-state index in [4.69, 9.17) is 28.2 Å². The van der Waals surface area contributed by atoms with Crippen molar-refractivity contribution in [1.29, 1.82) is 0 Å². The Morgan fingerprint density at radius 1 is 0.817 bits per heavy atom. The van der Waals surface area contributed by atoms with E-state index in [1.165, 1.54) is 18.2 Å². The third kappa shape index (κ3) is 16.6. The Bertz CT molecular complexity index is 2820. The zero-order valence-corrected chi connectivity index (χ0v) is 42.9. The van der Waals surface area contributed by atoms with Crippen molar-refractivity contribution in [3.63, 3.8) is 0 Å². The molecular weight excluding hydrogens is 991 g/mol. The van der Waals surface area contributed by atoms with E-state index >= 15 is 0 Å². The number of anilines is 1. The third-order valence-corrected chi connectivity index (χ3v) is 14.2. The first-order valence-corrected chi connectivity index (χ1v) is 27.5. The predicted molar refractivity (Wildman–Crippen MR) is 254 cm³/mol. The number of carbonyl (C=O) groups is 3. The molecule has 21 nitrogen and oxygen atoms in total. The van der Waals surface area contributed by atoms with Crippen molar-refractivity contribution < 1.29 is 81.5 Å². The van der Waals surface area contributed by atoms with E-state index in [0.29, 0.717) is 65.3 Å². The molecule has 4 aliphatic rings. The second-order valence-corrected chi connectivity index (χ2v) is 22.5. The maximum atomic E-state index is 12.3. The number of hydroxylamine groups is 2. The molecule has 0 radical (unpaired) electrons. The lowest BCUT2D eigenvalue weighted by molar-refractivity contribution is -0.198. The largest absolute Gasteiger partial charge is 0.748 e. The molecule has 392 valence electrons. The monoisotopic (exact) mass is 1050 g/mol. The quantitative estimate of drug-likeness (QED) is 0.0459. The van der Waals surface area contributed by atoms with Crippen molar-refractivity contribution in [2.24, 2.45) is 0 Å². The molecule has 3 heterocycles. The second kappa shape index (κ2) is 24.7. The molecule has 0 saturated carbocycles. The summed E-state index contributed by atoms with van der Waals surface area (Å²) in [5.74, 6) is -2.31. The van der Waals surface area contributed by atoms with Gasteiger partial charge in [-0.05, 0) is 78.8 Å². The summed E-state index contributed by atoms with van der Waals surface area (Å²) in [7, 11) is -12.4. The van der Waals surface area contributed by atoms with Gasteiger partial charge in [0.15, 0.2) is 6.54 Å². The van der Waals surface area contributed by atoms with Crippen LogP contribution in [0.4, 0.5) is 5.69 Å². The average Bonchev–Trinajstić information content (AvgIpc) is 3.71. The summed E-state index contributed by atoms with van der Waals surface area (Å²) < 4.78 is 137. The number of imide groups is 1. The molecular formula is C47H61N3O18S3-2. The van der Waals surface area contributed by atoms with E-state index in [-0.39, 0.29) is 83.5 Å². The number of allylic oxidation sites excluding steroid dienone is 3. The SMILES string of the molecule is COCCOCC[N+](CCCS(=O)(=O)[O-])=c1ccc2c(C(C)(C)C)cc(/C=C/C=C3/N(CCOCCOCCC(=O)ON4C(=O)CCC4=O)c4ccc(S(=O)(=O)[O-])cc4C3(C)CCCS(=O)(=O)[O-])oc-2c1. The van der Waals surface area contributed by atoms with Crippen molar-refractivity contribution in [3.05, 3.63) is 82.6 Å². The van der Waals surface area contributed by atoms with Crippen molar-refractivity contribution >= 4 is 59.9 Å². The number of amides is 2. The minimum absolute atomic E-state index is 0.0335. The molecule has 3 aliphatic heterocycles. The number of rotatable bonds is 27. The van der Waals surface area contributed by atoms with Crippen LogP contribution in [0, 0.1) is 0 Å². The van der Waals surface area contributed by atoms with Crippen LogP contribution in [0.3, 0.4) is 0 Å². The van der Waals surface area contributed by atoms with E-state index < -0.39 is 70.0 Å². The Hall–Kier alpha value is -4.89. The number of nitrogens with zero attached hydrogens (tertiary/aromatic N) is 3. The van der Waals surface area contributed by atoms with Gasteiger partial charge in [-0.15, -0.1) is 5.06 Å². The first-order valence-electron chi connectivity index (χ1n) is 22.9. The highest BCUT2D eigenvalue weighted by atomic mass is 32.2. The summed E-state index contributed by atoms with van der Waals surface area (Å²) in [4.78, 5) is 41.8. The fourth-order valence-corrected chi connectivity index (χ4v) is 9.76. The number of hydrogen-bond acceptors (Lipinski definition) is 19. The molecule has 1 atom stereocenters. The maximum absolute atomic E-state index is 12.3. The van der Waals surface area contributed by atoms with Crippen LogP contribution in [0.2, 0.25) is 0 Å². The van der Waals surface area contributed by atoms with Gasteiger partial charge in [0.2, 0.25) is 5.36 Å². The Balaban J connectivity index is 1.46. The highest BCUT2D eigenvalue weighted by molar-refractivity contribution is 7.86. The normalized spacial score (nSPS) is 17.8. The van der Waals surface area contributed by atoms with Gasteiger partial charge in [-0.25, -0.2) is 34.6 Å². The van der Waals surface area contributed by atoms with Crippen molar-refractivity contribution in [3.8, 4) is 11.3 Å². The van der Waals surface area contributed by atoms with Crippen molar-refractivity contribution in [2.75, 3.05) is 89.4 Å². The lowest BCUT2D eigenvalue weighted by Crippen LogP contribution is -2.35. The van der Waals surface area contributed by atoms with E-state index in [1.54, 1.807) is 32.3 Å². The van der Waals surface area contributed by atoms with Gasteiger partial charge in [-0.2, -0.15) is 0 Å². The van der Waals surface area contributed by atoms with Crippen LogP contribution in [0.25, 0.3) is 17.4 Å². The number of methoxy groups -OCH3 is 1. The summed E-state index contributed by atoms with van der Waals surface area (Å²) in [6, 6.07) is 11.5. The van der Waals surface area contributed by atoms with E-state index in [9.17, 15) is 53.3 Å². The third-order valence-electron chi connectivity index (χ3n) is 11.8. The van der Waals surface area contributed by atoms with Crippen molar-refractivity contribution in [2.45, 2.75) is 81.9 Å². The van der Waals surface area contributed by atoms with E-state index in [2.05, 4.69) is 0 Å². The van der Waals surface area contributed by atoms with Crippen LogP contribution in [0.15, 0.2) is 69.6 Å². The standard InChI is InChI=1S/C47H63N3O18S3/c1-46(2,3)38-32-35(67-41-31-34(11-13-37(38)41)48(19-8-30-70(57,58)59)20-23-65-26-25-63-5)9-6-10-42-47(4,18-7-29-69(54,55)56)39-33-36(71(60,61)62)12-14-40(39)49(42)21-24-66-28-27-64-22-17-45(53)68-50-43(51)15-16-44(50)52/h6,9-14,31-33H,7-8,15-30H2,1-5H3,(H2-,54,55,56,57,58,59,60,61,62)/p-2. The molecule has 1 saturated heterocycles. The van der Waals surface area contributed by atoms with Crippen LogP contribution in [-0.4, -0.2) is 146 Å². The molecule has 1 aliphatic carbocycles. The summed E-state index contributed by atoms with van der Waals surface area (Å²) in [6.07, 6.45) is 4.93. The lowest BCUT2D eigenvalue weighted by Gasteiger charge is -2.30. The van der Waals surface area contributed by atoms with Crippen LogP contribution >= 0.6 is 0 Å². The molecule has 71 heavy (non-hydrogen) atoms. The zero-order chi connectivity index (χ0) is 52.2. The molecule has 1 aromatic rings. The average molecular weight is 1050 g/mol. The Morgan fingerprint density at radius 3 is 2.11 bits per heavy atom. The lowest BCUT2D eigenvalue weighted by atomic mass is 9.77. The van der Waals surface area contributed by atoms with Gasteiger partial charge in [0.25, 0.3) is 11.8 Å². The van der Waals surface area contributed by atoms with Gasteiger partial charge in [0.05, 0.1) is 77.3 Å². The van der Waals surface area contributed by atoms with Gasteiger partial charge < -0.3 is 46.8 Å². The van der Waals surface area contributed by atoms with Gasteiger partial charge in [0, 0.05) is 72.9 Å². The van der Waals surface area contributed by atoms with Crippen LogP contribution in [0.5, 0.6) is 0 Å². The number of ether oxygens (including phenoxy) is 4. The second-order valence-electron chi connectivity index (χ2n) is 18.1.